The molecule has 0 bridgehead atoms. The molecule has 1 saturated carbocycles. The van der Waals surface area contributed by atoms with Crippen molar-refractivity contribution in [3.05, 3.63) is 48.2 Å². The van der Waals surface area contributed by atoms with E-state index in [1.807, 2.05) is 6.20 Å². The van der Waals surface area contributed by atoms with Crippen molar-refractivity contribution in [1.29, 1.82) is 5.26 Å². The van der Waals surface area contributed by atoms with E-state index in [0.717, 1.165) is 62.1 Å². The van der Waals surface area contributed by atoms with Crippen molar-refractivity contribution in [2.75, 3.05) is 6.61 Å². The summed E-state index contributed by atoms with van der Waals surface area (Å²) in [5, 5.41) is 9.87. The van der Waals surface area contributed by atoms with Gasteiger partial charge in [0.1, 0.15) is 5.75 Å². The van der Waals surface area contributed by atoms with Gasteiger partial charge in [-0.25, -0.2) is 0 Å². The van der Waals surface area contributed by atoms with Crippen LogP contribution >= 0.6 is 0 Å². The minimum atomic E-state index is -0.0819. The van der Waals surface area contributed by atoms with Crippen LogP contribution in [0.5, 0.6) is 5.75 Å². The molecule has 0 N–H and O–H groups in total. The summed E-state index contributed by atoms with van der Waals surface area (Å²) in [4.78, 5) is 4.67. The maximum Gasteiger partial charge on any atom is 0.119 e. The van der Waals surface area contributed by atoms with Gasteiger partial charge in [0.25, 0.3) is 0 Å². The zero-order valence-corrected chi connectivity index (χ0v) is 22.2. The average Bonchev–Trinajstić information content (AvgIpc) is 2.91. The molecule has 1 heterocycles. The van der Waals surface area contributed by atoms with Crippen molar-refractivity contribution in [2.45, 2.75) is 110 Å². The highest BCUT2D eigenvalue weighted by Gasteiger charge is 2.35. The number of aromatic nitrogens is 1. The van der Waals surface area contributed by atoms with E-state index in [1.165, 1.54) is 63.4 Å². The third-order valence-electron chi connectivity index (χ3n) is 7.84. The quantitative estimate of drug-likeness (QED) is 0.242. The Bertz CT molecular complexity index is 873. The highest BCUT2D eigenvalue weighted by Crippen LogP contribution is 2.42. The van der Waals surface area contributed by atoms with Gasteiger partial charge >= 0.3 is 0 Å². The lowest BCUT2D eigenvalue weighted by Gasteiger charge is -2.35. The number of hydrogen-bond acceptors (Lipinski definition) is 3. The van der Waals surface area contributed by atoms with Gasteiger partial charge in [-0.3, -0.25) is 4.98 Å². The van der Waals surface area contributed by atoms with Gasteiger partial charge in [-0.05, 0) is 86.8 Å². The number of ether oxygens (including phenoxy) is 1. The molecule has 0 saturated heterocycles. The molecule has 3 heteroatoms. The van der Waals surface area contributed by atoms with Crippen LogP contribution in [0.1, 0.15) is 109 Å². The van der Waals surface area contributed by atoms with Crippen LogP contribution in [0, 0.1) is 22.7 Å². The van der Waals surface area contributed by atoms with Crippen molar-refractivity contribution in [3.63, 3.8) is 0 Å². The van der Waals surface area contributed by atoms with E-state index in [1.54, 1.807) is 0 Å². The van der Waals surface area contributed by atoms with Crippen LogP contribution in [0.3, 0.4) is 0 Å². The number of rotatable bonds is 15. The van der Waals surface area contributed by atoms with Crippen LogP contribution in [-0.4, -0.2) is 11.6 Å². The van der Waals surface area contributed by atoms with Gasteiger partial charge in [-0.2, -0.15) is 5.26 Å². The molecular formula is C32H46N2O. The summed E-state index contributed by atoms with van der Waals surface area (Å²) in [5.74, 6) is 1.48. The lowest BCUT2D eigenvalue weighted by Crippen LogP contribution is -2.28. The smallest absolute Gasteiger partial charge is 0.119 e. The molecule has 1 fully saturated rings. The predicted octanol–water partition coefficient (Wildman–Crippen LogP) is 9.31. The van der Waals surface area contributed by atoms with E-state index in [4.69, 9.17) is 4.74 Å². The molecule has 3 nitrogen and oxygen atoms in total. The molecule has 35 heavy (non-hydrogen) atoms. The van der Waals surface area contributed by atoms with Gasteiger partial charge in [0.05, 0.1) is 23.8 Å². The lowest BCUT2D eigenvalue weighted by molar-refractivity contribution is 0.144. The molecule has 0 atom stereocenters. The summed E-state index contributed by atoms with van der Waals surface area (Å²) in [5.41, 5.74) is 3.38. The molecular weight excluding hydrogens is 428 g/mol. The zero-order valence-electron chi connectivity index (χ0n) is 22.2. The SMILES string of the molecule is CCCCCCCCC1(C#N)CCC(COc2ccc(-c3ccc(CCCCC)cn3)cc2)CC1. The van der Waals surface area contributed by atoms with E-state index in [9.17, 15) is 5.26 Å². The Balaban J connectivity index is 1.39. The molecule has 190 valence electrons. The van der Waals surface area contributed by atoms with Crippen molar-refractivity contribution < 1.29 is 4.74 Å². The van der Waals surface area contributed by atoms with Crippen LogP contribution < -0.4 is 4.74 Å². The lowest BCUT2D eigenvalue weighted by atomic mass is 9.69. The molecule has 1 aromatic heterocycles. The summed E-state index contributed by atoms with van der Waals surface area (Å²) in [6, 6.07) is 15.4. The first-order valence-corrected chi connectivity index (χ1v) is 14.3. The second-order valence-corrected chi connectivity index (χ2v) is 10.7. The number of nitrogens with zero attached hydrogens (tertiary/aromatic N) is 2. The molecule has 0 aliphatic heterocycles. The van der Waals surface area contributed by atoms with Crippen molar-refractivity contribution in [2.24, 2.45) is 11.3 Å². The summed E-state index contributed by atoms with van der Waals surface area (Å²) < 4.78 is 6.14. The average molecular weight is 475 g/mol. The van der Waals surface area contributed by atoms with Crippen molar-refractivity contribution in [3.8, 4) is 23.1 Å². The Kier molecular flexibility index (Phi) is 11.6. The topological polar surface area (TPSA) is 45.9 Å². The Labute approximate surface area is 214 Å². The predicted molar refractivity (Wildman–Crippen MR) is 146 cm³/mol. The van der Waals surface area contributed by atoms with E-state index in [0.29, 0.717) is 5.92 Å². The molecule has 0 amide bonds. The van der Waals surface area contributed by atoms with Crippen LogP contribution in [0.2, 0.25) is 0 Å². The standard InChI is InChI=1S/C32H46N2O/c1-3-5-7-8-9-11-21-32(26-33)22-19-28(20-23-32)25-35-30-16-14-29(15-17-30)31-18-13-27(24-34-31)12-10-6-4-2/h13-18,24,28H,3-12,19-23,25H2,1-2H3. The monoisotopic (exact) mass is 474 g/mol. The van der Waals surface area contributed by atoms with Crippen LogP contribution in [0.25, 0.3) is 11.3 Å². The minimum Gasteiger partial charge on any atom is -0.493 e. The molecule has 1 aliphatic rings. The number of nitriles is 1. The molecule has 2 aromatic rings. The van der Waals surface area contributed by atoms with Crippen LogP contribution in [0.4, 0.5) is 0 Å². The third-order valence-corrected chi connectivity index (χ3v) is 7.84. The fraction of sp³-hybridized carbons (Fsp3) is 0.625. The van der Waals surface area contributed by atoms with E-state index in [2.05, 4.69) is 61.3 Å². The molecule has 1 aliphatic carbocycles. The van der Waals surface area contributed by atoms with Gasteiger partial charge < -0.3 is 4.74 Å². The Hall–Kier alpha value is -2.34. The Morgan fingerprint density at radius 3 is 2.23 bits per heavy atom. The van der Waals surface area contributed by atoms with Gasteiger partial charge in [-0.1, -0.05) is 71.3 Å². The van der Waals surface area contributed by atoms with Gasteiger partial charge in [0.15, 0.2) is 0 Å². The second kappa shape index (κ2) is 14.9. The normalized spacial score (nSPS) is 19.9. The fourth-order valence-corrected chi connectivity index (χ4v) is 5.32. The van der Waals surface area contributed by atoms with Crippen molar-refractivity contribution in [1.82, 2.24) is 4.98 Å². The maximum absolute atomic E-state index is 9.87. The number of aryl methyl sites for hydroxylation is 1. The first-order valence-electron chi connectivity index (χ1n) is 14.3. The maximum atomic E-state index is 9.87. The highest BCUT2D eigenvalue weighted by atomic mass is 16.5. The Morgan fingerprint density at radius 1 is 0.886 bits per heavy atom. The number of unbranched alkanes of at least 4 members (excludes halogenated alkanes) is 7. The van der Waals surface area contributed by atoms with Gasteiger partial charge in [-0.15, -0.1) is 0 Å². The van der Waals surface area contributed by atoms with Gasteiger partial charge in [0.2, 0.25) is 0 Å². The summed E-state index contributed by atoms with van der Waals surface area (Å²) in [6.07, 6.45) is 20.1. The van der Waals surface area contributed by atoms with Crippen LogP contribution in [0.15, 0.2) is 42.6 Å². The number of hydrogen-bond donors (Lipinski definition) is 0. The third kappa shape index (κ3) is 8.99. The van der Waals surface area contributed by atoms with E-state index >= 15 is 0 Å². The summed E-state index contributed by atoms with van der Waals surface area (Å²) in [6.45, 7) is 5.25. The first-order chi connectivity index (χ1) is 17.2. The van der Waals surface area contributed by atoms with Gasteiger partial charge in [0, 0.05) is 11.8 Å². The molecule has 0 radical (unpaired) electrons. The van der Waals surface area contributed by atoms with E-state index in [-0.39, 0.29) is 5.41 Å². The Morgan fingerprint density at radius 2 is 1.57 bits per heavy atom. The molecule has 1 aromatic carbocycles. The molecule has 0 spiro atoms. The number of benzene rings is 1. The second-order valence-electron chi connectivity index (χ2n) is 10.7. The minimum absolute atomic E-state index is 0.0819. The summed E-state index contributed by atoms with van der Waals surface area (Å²) >= 11 is 0. The zero-order chi connectivity index (χ0) is 24.8. The fourth-order valence-electron chi connectivity index (χ4n) is 5.32. The number of pyridine rings is 1. The largest absolute Gasteiger partial charge is 0.493 e. The highest BCUT2D eigenvalue weighted by molar-refractivity contribution is 5.60. The summed E-state index contributed by atoms with van der Waals surface area (Å²) in [7, 11) is 0. The molecule has 0 unspecified atom stereocenters. The van der Waals surface area contributed by atoms with Crippen molar-refractivity contribution >= 4 is 0 Å². The van der Waals surface area contributed by atoms with E-state index < -0.39 is 0 Å². The molecule has 3 rings (SSSR count). The van der Waals surface area contributed by atoms with Crippen LogP contribution in [-0.2, 0) is 6.42 Å². The first kappa shape index (κ1) is 27.3.